The average molecular weight is 192 g/mol. The van der Waals surface area contributed by atoms with E-state index < -0.39 is 0 Å². The van der Waals surface area contributed by atoms with Gasteiger partial charge in [0.25, 0.3) is 0 Å². The fourth-order valence-electron chi connectivity index (χ4n) is 1.53. The number of aldehydes is 1. The van der Waals surface area contributed by atoms with Crippen molar-refractivity contribution >= 4 is 6.29 Å². The van der Waals surface area contributed by atoms with Gasteiger partial charge in [0.05, 0.1) is 0 Å². The zero-order valence-electron chi connectivity index (χ0n) is 9.85. The SMILES string of the molecule is CC.CCc1cc(C)cc(C)c1C=O. The highest BCUT2D eigenvalue weighted by molar-refractivity contribution is 5.79. The maximum absolute atomic E-state index is 10.7. The minimum Gasteiger partial charge on any atom is -0.298 e. The van der Waals surface area contributed by atoms with Crippen LogP contribution in [0.4, 0.5) is 0 Å². The third-order valence-electron chi connectivity index (χ3n) is 2.12. The summed E-state index contributed by atoms with van der Waals surface area (Å²) in [5, 5.41) is 0. The Hall–Kier alpha value is -1.11. The molecule has 78 valence electrons. The fraction of sp³-hybridized carbons (Fsp3) is 0.462. The van der Waals surface area contributed by atoms with Gasteiger partial charge in [0.2, 0.25) is 0 Å². The lowest BCUT2D eigenvalue weighted by Gasteiger charge is -2.06. The van der Waals surface area contributed by atoms with E-state index in [2.05, 4.69) is 19.9 Å². The Kier molecular flexibility index (Phi) is 5.86. The van der Waals surface area contributed by atoms with E-state index in [4.69, 9.17) is 0 Å². The number of hydrogen-bond acceptors (Lipinski definition) is 1. The Morgan fingerprint density at radius 1 is 1.21 bits per heavy atom. The summed E-state index contributed by atoms with van der Waals surface area (Å²) in [6.07, 6.45) is 1.88. The minimum atomic E-state index is 0.864. The molecule has 1 heteroatoms. The van der Waals surface area contributed by atoms with Crippen LogP contribution < -0.4 is 0 Å². The van der Waals surface area contributed by atoms with Crippen LogP contribution in [0.1, 0.15) is 47.8 Å². The summed E-state index contributed by atoms with van der Waals surface area (Å²) in [7, 11) is 0. The van der Waals surface area contributed by atoms with Gasteiger partial charge in [-0.1, -0.05) is 38.5 Å². The zero-order chi connectivity index (χ0) is 11.1. The molecule has 0 unspecified atom stereocenters. The first kappa shape index (κ1) is 12.9. The number of hydrogen-bond donors (Lipinski definition) is 0. The molecule has 0 atom stereocenters. The topological polar surface area (TPSA) is 17.1 Å². The first-order valence-electron chi connectivity index (χ1n) is 5.24. The molecule has 14 heavy (non-hydrogen) atoms. The van der Waals surface area contributed by atoms with Crippen molar-refractivity contribution in [2.24, 2.45) is 0 Å². The quantitative estimate of drug-likeness (QED) is 0.653. The molecule has 1 aromatic rings. The van der Waals surface area contributed by atoms with Gasteiger partial charge < -0.3 is 0 Å². The number of carbonyl (C=O) groups is 1. The summed E-state index contributed by atoms with van der Waals surface area (Å²) in [4.78, 5) is 10.7. The molecule has 0 aliphatic rings. The standard InChI is InChI=1S/C11H14O.C2H6/c1-4-10-6-8(2)5-9(3)11(10)7-12;1-2/h5-7H,4H2,1-3H3;1-2H3. The van der Waals surface area contributed by atoms with Crippen molar-refractivity contribution in [2.45, 2.75) is 41.0 Å². The van der Waals surface area contributed by atoms with Crippen molar-refractivity contribution in [3.05, 3.63) is 34.4 Å². The van der Waals surface area contributed by atoms with E-state index in [9.17, 15) is 4.79 Å². The van der Waals surface area contributed by atoms with E-state index in [0.717, 1.165) is 29.4 Å². The van der Waals surface area contributed by atoms with E-state index in [1.54, 1.807) is 0 Å². The lowest BCUT2D eigenvalue weighted by Crippen LogP contribution is -1.95. The van der Waals surface area contributed by atoms with Crippen LogP contribution in [0.25, 0.3) is 0 Å². The van der Waals surface area contributed by atoms with E-state index >= 15 is 0 Å². The van der Waals surface area contributed by atoms with Gasteiger partial charge in [-0.2, -0.15) is 0 Å². The predicted octanol–water partition coefficient (Wildman–Crippen LogP) is 3.70. The summed E-state index contributed by atoms with van der Waals surface area (Å²) >= 11 is 0. The smallest absolute Gasteiger partial charge is 0.150 e. The van der Waals surface area contributed by atoms with Crippen LogP contribution in [0.15, 0.2) is 12.1 Å². The molecule has 0 amide bonds. The maximum atomic E-state index is 10.7. The van der Waals surface area contributed by atoms with Crippen molar-refractivity contribution in [1.29, 1.82) is 0 Å². The molecule has 0 fully saturated rings. The van der Waals surface area contributed by atoms with E-state index in [1.807, 2.05) is 26.8 Å². The Labute approximate surface area is 87.2 Å². The highest BCUT2D eigenvalue weighted by Crippen LogP contribution is 2.15. The summed E-state index contributed by atoms with van der Waals surface area (Å²) in [6.45, 7) is 10.1. The zero-order valence-corrected chi connectivity index (χ0v) is 9.85. The van der Waals surface area contributed by atoms with E-state index in [0.29, 0.717) is 0 Å². The second-order valence-corrected chi connectivity index (χ2v) is 3.13. The molecule has 0 saturated heterocycles. The lowest BCUT2D eigenvalue weighted by atomic mass is 9.98. The number of aryl methyl sites for hydroxylation is 3. The molecule has 0 aliphatic heterocycles. The minimum absolute atomic E-state index is 0.864. The van der Waals surface area contributed by atoms with Crippen LogP contribution in [-0.4, -0.2) is 6.29 Å². The van der Waals surface area contributed by atoms with Crippen LogP contribution in [-0.2, 0) is 6.42 Å². The maximum Gasteiger partial charge on any atom is 0.150 e. The first-order chi connectivity index (χ1) is 6.69. The Morgan fingerprint density at radius 3 is 2.21 bits per heavy atom. The van der Waals surface area contributed by atoms with Crippen LogP contribution in [0, 0.1) is 13.8 Å². The highest BCUT2D eigenvalue weighted by Gasteiger charge is 2.03. The predicted molar refractivity (Wildman–Crippen MR) is 62.0 cm³/mol. The molecular formula is C13H20O. The monoisotopic (exact) mass is 192 g/mol. The van der Waals surface area contributed by atoms with Crippen molar-refractivity contribution in [2.75, 3.05) is 0 Å². The molecule has 1 rings (SSSR count). The molecule has 0 heterocycles. The first-order valence-corrected chi connectivity index (χ1v) is 5.24. The van der Waals surface area contributed by atoms with Crippen LogP contribution in [0.2, 0.25) is 0 Å². The Bertz CT molecular complexity index is 300. The highest BCUT2D eigenvalue weighted by atomic mass is 16.1. The number of rotatable bonds is 2. The van der Waals surface area contributed by atoms with Gasteiger partial charge in [0.1, 0.15) is 0 Å². The Balaban J connectivity index is 0.000000791. The summed E-state index contributed by atoms with van der Waals surface area (Å²) < 4.78 is 0. The molecule has 0 spiro atoms. The van der Waals surface area contributed by atoms with Crippen LogP contribution in [0.5, 0.6) is 0 Å². The van der Waals surface area contributed by atoms with Gasteiger partial charge in [-0.05, 0) is 31.4 Å². The van der Waals surface area contributed by atoms with Crippen molar-refractivity contribution in [3.8, 4) is 0 Å². The molecule has 0 aliphatic carbocycles. The fourth-order valence-corrected chi connectivity index (χ4v) is 1.53. The number of benzene rings is 1. The molecular weight excluding hydrogens is 172 g/mol. The van der Waals surface area contributed by atoms with Crippen LogP contribution in [0.3, 0.4) is 0 Å². The van der Waals surface area contributed by atoms with Gasteiger partial charge in [-0.15, -0.1) is 0 Å². The molecule has 1 nitrogen and oxygen atoms in total. The van der Waals surface area contributed by atoms with E-state index in [-0.39, 0.29) is 0 Å². The van der Waals surface area contributed by atoms with Crippen molar-refractivity contribution in [1.82, 2.24) is 0 Å². The van der Waals surface area contributed by atoms with Crippen molar-refractivity contribution in [3.63, 3.8) is 0 Å². The molecule has 0 bridgehead atoms. The van der Waals surface area contributed by atoms with Gasteiger partial charge >= 0.3 is 0 Å². The second-order valence-electron chi connectivity index (χ2n) is 3.13. The molecule has 0 aromatic heterocycles. The van der Waals surface area contributed by atoms with Gasteiger partial charge in [-0.3, -0.25) is 4.79 Å². The molecule has 0 N–H and O–H groups in total. The largest absolute Gasteiger partial charge is 0.298 e. The third-order valence-corrected chi connectivity index (χ3v) is 2.12. The lowest BCUT2D eigenvalue weighted by molar-refractivity contribution is 0.112. The molecule has 0 saturated carbocycles. The number of carbonyl (C=O) groups excluding carboxylic acids is 1. The molecule has 1 aromatic carbocycles. The third kappa shape index (κ3) is 2.99. The summed E-state index contributed by atoms with van der Waals surface area (Å²) in [6, 6.07) is 4.12. The van der Waals surface area contributed by atoms with Crippen molar-refractivity contribution < 1.29 is 4.79 Å². The van der Waals surface area contributed by atoms with E-state index in [1.165, 1.54) is 5.56 Å². The van der Waals surface area contributed by atoms with Gasteiger partial charge in [0, 0.05) is 5.56 Å². The van der Waals surface area contributed by atoms with Crippen LogP contribution >= 0.6 is 0 Å². The Morgan fingerprint density at radius 2 is 1.79 bits per heavy atom. The summed E-state index contributed by atoms with van der Waals surface area (Å²) in [5.74, 6) is 0. The average Bonchev–Trinajstić information content (AvgIpc) is 2.19. The van der Waals surface area contributed by atoms with Gasteiger partial charge in [0.15, 0.2) is 6.29 Å². The van der Waals surface area contributed by atoms with Gasteiger partial charge in [-0.25, -0.2) is 0 Å². The normalized spacial score (nSPS) is 8.93. The molecule has 0 radical (unpaired) electrons. The summed E-state index contributed by atoms with van der Waals surface area (Å²) in [5.41, 5.74) is 4.34. The second kappa shape index (κ2) is 6.36.